The lowest BCUT2D eigenvalue weighted by molar-refractivity contribution is -0.157. The Bertz CT molecular complexity index is 674. The number of esters is 1. The molecule has 1 atom stereocenters. The molecular formula is C19H23NO5. The normalized spacial score (nSPS) is 12.3. The van der Waals surface area contributed by atoms with E-state index in [4.69, 9.17) is 13.9 Å². The van der Waals surface area contributed by atoms with Crippen LogP contribution in [0.1, 0.15) is 31.9 Å². The first kappa shape index (κ1) is 18.6. The van der Waals surface area contributed by atoms with Crippen molar-refractivity contribution in [2.24, 2.45) is 0 Å². The Morgan fingerprint density at radius 3 is 2.44 bits per heavy atom. The molecule has 0 aliphatic rings. The monoisotopic (exact) mass is 345 g/mol. The SMILES string of the molecule is CC(C)(C)OC(=O)[C@@H](Cc1ccoc1)NC(=O)OCc1ccccc1. The summed E-state index contributed by atoms with van der Waals surface area (Å²) in [5.41, 5.74) is 0.988. The molecule has 25 heavy (non-hydrogen) atoms. The molecule has 0 saturated heterocycles. The van der Waals surface area contributed by atoms with E-state index in [0.29, 0.717) is 0 Å². The van der Waals surface area contributed by atoms with Crippen LogP contribution in [0.15, 0.2) is 53.3 Å². The Labute approximate surface area is 147 Å². The van der Waals surface area contributed by atoms with Crippen molar-refractivity contribution in [3.05, 3.63) is 60.1 Å². The summed E-state index contributed by atoms with van der Waals surface area (Å²) in [7, 11) is 0. The molecule has 0 aliphatic carbocycles. The molecule has 0 fully saturated rings. The highest BCUT2D eigenvalue weighted by Crippen LogP contribution is 2.12. The summed E-state index contributed by atoms with van der Waals surface area (Å²) >= 11 is 0. The highest BCUT2D eigenvalue weighted by atomic mass is 16.6. The average Bonchev–Trinajstić information content (AvgIpc) is 3.05. The second-order valence-electron chi connectivity index (χ2n) is 6.63. The second-order valence-corrected chi connectivity index (χ2v) is 6.63. The van der Waals surface area contributed by atoms with Gasteiger partial charge in [-0.25, -0.2) is 9.59 Å². The molecule has 6 heteroatoms. The van der Waals surface area contributed by atoms with Crippen LogP contribution < -0.4 is 5.32 Å². The Kier molecular flexibility index (Phi) is 6.22. The molecule has 1 heterocycles. The number of rotatable bonds is 6. The fourth-order valence-electron chi connectivity index (χ4n) is 2.12. The molecule has 0 bridgehead atoms. The number of hydrogen-bond acceptors (Lipinski definition) is 5. The molecule has 0 spiro atoms. The van der Waals surface area contributed by atoms with Crippen molar-refractivity contribution in [3.63, 3.8) is 0 Å². The molecule has 1 N–H and O–H groups in total. The molecule has 0 aliphatic heterocycles. The van der Waals surface area contributed by atoms with Gasteiger partial charge in [0.15, 0.2) is 0 Å². The maximum Gasteiger partial charge on any atom is 0.408 e. The van der Waals surface area contributed by atoms with Crippen LogP contribution in [0.4, 0.5) is 4.79 Å². The van der Waals surface area contributed by atoms with Gasteiger partial charge >= 0.3 is 12.1 Å². The van der Waals surface area contributed by atoms with Crippen molar-refractivity contribution in [1.82, 2.24) is 5.32 Å². The number of carbonyl (C=O) groups is 2. The van der Waals surface area contributed by atoms with Crippen molar-refractivity contribution in [2.75, 3.05) is 0 Å². The highest BCUT2D eigenvalue weighted by Gasteiger charge is 2.27. The number of hydrogen-bond donors (Lipinski definition) is 1. The van der Waals surface area contributed by atoms with E-state index < -0.39 is 23.7 Å². The van der Waals surface area contributed by atoms with Gasteiger partial charge in [0.1, 0.15) is 18.2 Å². The fraction of sp³-hybridized carbons (Fsp3) is 0.368. The first-order valence-electron chi connectivity index (χ1n) is 8.04. The van der Waals surface area contributed by atoms with Gasteiger partial charge in [0.05, 0.1) is 12.5 Å². The van der Waals surface area contributed by atoms with E-state index >= 15 is 0 Å². The first-order valence-corrected chi connectivity index (χ1v) is 8.04. The molecule has 2 aromatic rings. The lowest BCUT2D eigenvalue weighted by Crippen LogP contribution is -2.45. The number of carbonyl (C=O) groups excluding carboxylic acids is 2. The molecular weight excluding hydrogens is 322 g/mol. The van der Waals surface area contributed by atoms with Crippen LogP contribution in [-0.2, 0) is 27.3 Å². The number of alkyl carbamates (subject to hydrolysis) is 1. The van der Waals surface area contributed by atoms with E-state index in [9.17, 15) is 9.59 Å². The van der Waals surface area contributed by atoms with Gasteiger partial charge in [0, 0.05) is 6.42 Å². The van der Waals surface area contributed by atoms with E-state index in [0.717, 1.165) is 11.1 Å². The van der Waals surface area contributed by atoms with Gasteiger partial charge in [-0.05, 0) is 38.0 Å². The van der Waals surface area contributed by atoms with Crippen LogP contribution in [0.25, 0.3) is 0 Å². The van der Waals surface area contributed by atoms with E-state index in [-0.39, 0.29) is 13.0 Å². The number of nitrogens with one attached hydrogen (secondary N) is 1. The van der Waals surface area contributed by atoms with Crippen molar-refractivity contribution in [1.29, 1.82) is 0 Å². The zero-order chi connectivity index (χ0) is 18.3. The first-order chi connectivity index (χ1) is 11.8. The van der Waals surface area contributed by atoms with Crippen molar-refractivity contribution in [2.45, 2.75) is 45.4 Å². The summed E-state index contributed by atoms with van der Waals surface area (Å²) in [6, 6.07) is 10.2. The summed E-state index contributed by atoms with van der Waals surface area (Å²) in [5, 5.41) is 2.57. The minimum absolute atomic E-state index is 0.124. The number of ether oxygens (including phenoxy) is 2. The molecule has 1 amide bonds. The smallest absolute Gasteiger partial charge is 0.408 e. The molecule has 0 unspecified atom stereocenters. The predicted molar refractivity (Wildman–Crippen MR) is 91.8 cm³/mol. The van der Waals surface area contributed by atoms with Crippen LogP contribution in [0.2, 0.25) is 0 Å². The van der Waals surface area contributed by atoms with Gasteiger partial charge in [0.2, 0.25) is 0 Å². The molecule has 2 rings (SSSR count). The molecule has 1 aromatic heterocycles. The Morgan fingerprint density at radius 2 is 1.84 bits per heavy atom. The maximum atomic E-state index is 12.4. The Morgan fingerprint density at radius 1 is 1.12 bits per heavy atom. The number of benzene rings is 1. The second kappa shape index (κ2) is 8.37. The Balaban J connectivity index is 1.96. The van der Waals surface area contributed by atoms with Crippen molar-refractivity contribution < 1.29 is 23.5 Å². The van der Waals surface area contributed by atoms with Crippen LogP contribution in [-0.4, -0.2) is 23.7 Å². The average molecular weight is 345 g/mol. The van der Waals surface area contributed by atoms with Gasteiger partial charge in [-0.1, -0.05) is 30.3 Å². The third kappa shape index (κ3) is 6.71. The minimum atomic E-state index is -0.861. The highest BCUT2D eigenvalue weighted by molar-refractivity contribution is 5.82. The van der Waals surface area contributed by atoms with E-state index in [2.05, 4.69) is 5.32 Å². The summed E-state index contributed by atoms with van der Waals surface area (Å²) < 4.78 is 15.6. The van der Waals surface area contributed by atoms with Crippen LogP contribution >= 0.6 is 0 Å². The summed E-state index contributed by atoms with van der Waals surface area (Å²) in [6.07, 6.45) is 2.61. The fourth-order valence-corrected chi connectivity index (χ4v) is 2.12. The van der Waals surface area contributed by atoms with Gasteiger partial charge in [-0.2, -0.15) is 0 Å². The molecule has 6 nitrogen and oxygen atoms in total. The minimum Gasteiger partial charge on any atom is -0.472 e. The van der Waals surface area contributed by atoms with E-state index in [1.54, 1.807) is 26.8 Å². The predicted octanol–water partition coefficient (Wildman–Crippen LogP) is 3.46. The number of furan rings is 1. The van der Waals surface area contributed by atoms with Crippen LogP contribution in [0.3, 0.4) is 0 Å². The molecule has 134 valence electrons. The summed E-state index contributed by atoms with van der Waals surface area (Å²) in [6.45, 7) is 5.44. The molecule has 0 saturated carbocycles. The molecule has 0 radical (unpaired) electrons. The van der Waals surface area contributed by atoms with E-state index in [1.807, 2.05) is 30.3 Å². The zero-order valence-corrected chi connectivity index (χ0v) is 14.7. The third-order valence-corrected chi connectivity index (χ3v) is 3.22. The zero-order valence-electron chi connectivity index (χ0n) is 14.7. The van der Waals surface area contributed by atoms with Gasteiger partial charge < -0.3 is 19.2 Å². The quantitative estimate of drug-likeness (QED) is 0.811. The maximum absolute atomic E-state index is 12.4. The molecule has 1 aromatic carbocycles. The number of amides is 1. The van der Waals surface area contributed by atoms with E-state index in [1.165, 1.54) is 12.5 Å². The lowest BCUT2D eigenvalue weighted by Gasteiger charge is -2.24. The van der Waals surface area contributed by atoms with Gasteiger partial charge in [-0.15, -0.1) is 0 Å². The lowest BCUT2D eigenvalue weighted by atomic mass is 10.1. The largest absolute Gasteiger partial charge is 0.472 e. The van der Waals surface area contributed by atoms with Gasteiger partial charge in [0.25, 0.3) is 0 Å². The van der Waals surface area contributed by atoms with Gasteiger partial charge in [-0.3, -0.25) is 0 Å². The van der Waals surface area contributed by atoms with Crippen molar-refractivity contribution >= 4 is 12.1 Å². The topological polar surface area (TPSA) is 77.8 Å². The summed E-state index contributed by atoms with van der Waals surface area (Å²) in [4.78, 5) is 24.4. The van der Waals surface area contributed by atoms with Crippen LogP contribution in [0, 0.1) is 0 Å². The summed E-state index contributed by atoms with van der Waals surface area (Å²) in [5.74, 6) is -0.523. The standard InChI is InChI=1S/C19H23NO5/c1-19(2,3)25-17(21)16(11-15-9-10-23-12-15)20-18(22)24-13-14-7-5-4-6-8-14/h4-10,12,16H,11,13H2,1-3H3,(H,20,22)/t16-/m1/s1. The van der Waals surface area contributed by atoms with Crippen molar-refractivity contribution in [3.8, 4) is 0 Å². The third-order valence-electron chi connectivity index (χ3n) is 3.22. The Hall–Kier alpha value is -2.76. The van der Waals surface area contributed by atoms with Crippen LogP contribution in [0.5, 0.6) is 0 Å².